The number of aromatic nitrogens is 2. The van der Waals surface area contributed by atoms with Crippen molar-refractivity contribution in [3.63, 3.8) is 0 Å². The molecule has 9 nitrogen and oxygen atoms in total. The number of hydrogen-bond donors (Lipinski definition) is 3. The molecule has 1 heterocycles. The van der Waals surface area contributed by atoms with Crippen LogP contribution in [-0.2, 0) is 11.8 Å². The summed E-state index contributed by atoms with van der Waals surface area (Å²) in [4.78, 5) is 22.2. The van der Waals surface area contributed by atoms with Gasteiger partial charge in [-0.05, 0) is 6.07 Å². The Hall–Kier alpha value is -2.94. The fourth-order valence-corrected chi connectivity index (χ4v) is 1.76. The molecule has 2 aromatic rings. The second kappa shape index (κ2) is 5.59. The van der Waals surface area contributed by atoms with Crippen molar-refractivity contribution in [2.24, 2.45) is 12.8 Å². The number of hydrogen-bond acceptors (Lipinski definition) is 6. The van der Waals surface area contributed by atoms with E-state index in [2.05, 4.69) is 10.4 Å². The van der Waals surface area contributed by atoms with Gasteiger partial charge in [0.25, 0.3) is 5.69 Å². The molecule has 0 aliphatic rings. The summed E-state index contributed by atoms with van der Waals surface area (Å²) in [5.74, 6) is -1.09. The highest BCUT2D eigenvalue weighted by molar-refractivity contribution is 5.98. The number of anilines is 1. The zero-order chi connectivity index (χ0) is 15.6. The highest BCUT2D eigenvalue weighted by Gasteiger charge is 2.23. The van der Waals surface area contributed by atoms with E-state index in [1.807, 2.05) is 0 Å². The Kier molecular flexibility index (Phi) is 3.85. The van der Waals surface area contributed by atoms with Gasteiger partial charge in [-0.2, -0.15) is 5.10 Å². The molecule has 0 saturated heterocycles. The molecule has 110 valence electrons. The Balaban J connectivity index is 2.26. The van der Waals surface area contributed by atoms with Crippen molar-refractivity contribution < 1.29 is 14.8 Å². The Morgan fingerprint density at radius 2 is 2.29 bits per heavy atom. The lowest BCUT2D eigenvalue weighted by atomic mass is 10.1. The van der Waals surface area contributed by atoms with Crippen molar-refractivity contribution in [3.8, 4) is 5.75 Å². The second-order valence-electron chi connectivity index (χ2n) is 4.34. The number of carbonyl (C=O) groups is 1. The smallest absolute Gasteiger partial charge is 0.296 e. The van der Waals surface area contributed by atoms with Crippen LogP contribution in [0.1, 0.15) is 11.6 Å². The number of para-hydroxylation sites is 1. The van der Waals surface area contributed by atoms with Gasteiger partial charge in [-0.1, -0.05) is 6.07 Å². The molecule has 0 radical (unpaired) electrons. The van der Waals surface area contributed by atoms with Crippen LogP contribution in [0.25, 0.3) is 0 Å². The van der Waals surface area contributed by atoms with E-state index in [9.17, 15) is 20.0 Å². The predicted molar refractivity (Wildman–Crippen MR) is 73.5 cm³/mol. The molecule has 0 aliphatic heterocycles. The van der Waals surface area contributed by atoms with Crippen LogP contribution in [0.3, 0.4) is 0 Å². The lowest BCUT2D eigenvalue weighted by Gasteiger charge is -2.11. The molecule has 0 fully saturated rings. The Morgan fingerprint density at radius 1 is 1.57 bits per heavy atom. The first-order chi connectivity index (χ1) is 9.90. The number of aromatic hydroxyl groups is 1. The number of amides is 1. The van der Waals surface area contributed by atoms with Crippen molar-refractivity contribution in [2.45, 2.75) is 6.04 Å². The van der Waals surface area contributed by atoms with E-state index in [4.69, 9.17) is 5.73 Å². The number of nitrogens with one attached hydrogen (secondary N) is 1. The van der Waals surface area contributed by atoms with E-state index in [0.29, 0.717) is 5.56 Å². The number of nitro groups is 1. The Morgan fingerprint density at radius 3 is 2.86 bits per heavy atom. The van der Waals surface area contributed by atoms with Crippen LogP contribution >= 0.6 is 0 Å². The number of nitrogens with zero attached hydrogens (tertiary/aromatic N) is 3. The molecule has 1 unspecified atom stereocenters. The van der Waals surface area contributed by atoms with Gasteiger partial charge in [-0.15, -0.1) is 0 Å². The molecule has 2 rings (SSSR count). The normalized spacial score (nSPS) is 11.9. The number of benzene rings is 1. The van der Waals surface area contributed by atoms with Gasteiger partial charge in [0, 0.05) is 24.9 Å². The van der Waals surface area contributed by atoms with Crippen LogP contribution in [0.2, 0.25) is 0 Å². The molecule has 1 aromatic carbocycles. The first-order valence-electron chi connectivity index (χ1n) is 5.91. The van der Waals surface area contributed by atoms with E-state index >= 15 is 0 Å². The SMILES string of the molecule is Cn1cc(C(N)C(=O)Nc2c(O)cccc2[N+](=O)[O-])cn1. The molecule has 0 aliphatic carbocycles. The Bertz CT molecular complexity index is 697. The number of rotatable bonds is 4. The average Bonchev–Trinajstić information content (AvgIpc) is 2.86. The molecule has 21 heavy (non-hydrogen) atoms. The molecule has 1 amide bonds. The van der Waals surface area contributed by atoms with Crippen molar-refractivity contribution in [2.75, 3.05) is 5.32 Å². The van der Waals surface area contributed by atoms with E-state index in [0.717, 1.165) is 0 Å². The third-order valence-corrected chi connectivity index (χ3v) is 2.83. The largest absolute Gasteiger partial charge is 0.505 e. The minimum atomic E-state index is -1.06. The van der Waals surface area contributed by atoms with Gasteiger partial charge in [-0.25, -0.2) is 0 Å². The second-order valence-corrected chi connectivity index (χ2v) is 4.34. The number of phenols is 1. The molecule has 0 spiro atoms. The van der Waals surface area contributed by atoms with Gasteiger partial charge < -0.3 is 16.2 Å². The Labute approximate surface area is 119 Å². The summed E-state index contributed by atoms with van der Waals surface area (Å²) in [6.07, 6.45) is 2.98. The van der Waals surface area contributed by atoms with Gasteiger partial charge in [0.2, 0.25) is 5.91 Å². The number of nitro benzene ring substituents is 1. The quantitative estimate of drug-likeness (QED) is 0.430. The minimum Gasteiger partial charge on any atom is -0.505 e. The molecule has 1 aromatic heterocycles. The van der Waals surface area contributed by atoms with Crippen LogP contribution in [0.15, 0.2) is 30.6 Å². The van der Waals surface area contributed by atoms with Crippen molar-refractivity contribution >= 4 is 17.3 Å². The highest BCUT2D eigenvalue weighted by atomic mass is 16.6. The van der Waals surface area contributed by atoms with Gasteiger partial charge in [0.1, 0.15) is 11.8 Å². The van der Waals surface area contributed by atoms with Crippen LogP contribution in [-0.4, -0.2) is 25.7 Å². The molecule has 9 heteroatoms. The molecular weight excluding hydrogens is 278 g/mol. The van der Waals surface area contributed by atoms with Crippen LogP contribution in [0, 0.1) is 10.1 Å². The topological polar surface area (TPSA) is 136 Å². The summed E-state index contributed by atoms with van der Waals surface area (Å²) < 4.78 is 1.48. The van der Waals surface area contributed by atoms with Crippen LogP contribution in [0.4, 0.5) is 11.4 Å². The number of phenolic OH excluding ortho intramolecular Hbond substituents is 1. The number of carbonyl (C=O) groups excluding carboxylic acids is 1. The lowest BCUT2D eigenvalue weighted by molar-refractivity contribution is -0.384. The number of nitrogens with two attached hydrogens (primary N) is 1. The highest BCUT2D eigenvalue weighted by Crippen LogP contribution is 2.33. The van der Waals surface area contributed by atoms with Gasteiger partial charge in [0.05, 0.1) is 11.1 Å². The molecule has 0 saturated carbocycles. The zero-order valence-corrected chi connectivity index (χ0v) is 11.1. The summed E-state index contributed by atoms with van der Waals surface area (Å²) in [5, 5.41) is 26.7. The maximum Gasteiger partial charge on any atom is 0.296 e. The van der Waals surface area contributed by atoms with Gasteiger partial charge >= 0.3 is 0 Å². The third-order valence-electron chi connectivity index (χ3n) is 2.83. The third kappa shape index (κ3) is 2.98. The van der Waals surface area contributed by atoms with Crippen molar-refractivity contribution in [1.82, 2.24) is 9.78 Å². The van der Waals surface area contributed by atoms with Gasteiger partial charge in [-0.3, -0.25) is 19.6 Å². The maximum absolute atomic E-state index is 12.0. The zero-order valence-electron chi connectivity index (χ0n) is 11.1. The van der Waals surface area contributed by atoms with Crippen LogP contribution < -0.4 is 11.1 Å². The summed E-state index contributed by atoms with van der Waals surface area (Å²) in [6, 6.07) is 2.66. The minimum absolute atomic E-state index is 0.285. The first kappa shape index (κ1) is 14.5. The first-order valence-corrected chi connectivity index (χ1v) is 5.91. The van der Waals surface area contributed by atoms with E-state index < -0.39 is 28.3 Å². The summed E-state index contributed by atoms with van der Waals surface area (Å²) in [6.45, 7) is 0. The molecule has 4 N–H and O–H groups in total. The van der Waals surface area contributed by atoms with E-state index in [1.54, 1.807) is 13.2 Å². The van der Waals surface area contributed by atoms with Crippen LogP contribution in [0.5, 0.6) is 5.75 Å². The van der Waals surface area contributed by atoms with Crippen molar-refractivity contribution in [3.05, 3.63) is 46.3 Å². The van der Waals surface area contributed by atoms with Crippen molar-refractivity contribution in [1.29, 1.82) is 0 Å². The molecule has 0 bridgehead atoms. The summed E-state index contributed by atoms with van der Waals surface area (Å²) >= 11 is 0. The fourth-order valence-electron chi connectivity index (χ4n) is 1.76. The summed E-state index contributed by atoms with van der Waals surface area (Å²) in [7, 11) is 1.67. The predicted octanol–water partition coefficient (Wildman–Crippen LogP) is 0.672. The van der Waals surface area contributed by atoms with E-state index in [1.165, 1.54) is 29.1 Å². The van der Waals surface area contributed by atoms with E-state index in [-0.39, 0.29) is 5.69 Å². The maximum atomic E-state index is 12.0. The molecular formula is C12H13N5O4. The fraction of sp³-hybridized carbons (Fsp3) is 0.167. The molecule has 1 atom stereocenters. The average molecular weight is 291 g/mol. The monoisotopic (exact) mass is 291 g/mol. The number of aryl methyl sites for hydroxylation is 1. The summed E-state index contributed by atoms with van der Waals surface area (Å²) in [5.41, 5.74) is 5.51. The lowest BCUT2D eigenvalue weighted by Crippen LogP contribution is -2.27. The standard InChI is InChI=1S/C12H13N5O4/c1-16-6-7(5-14-16)10(13)12(19)15-11-8(17(20)21)3-2-4-9(11)18/h2-6,10,18H,13H2,1H3,(H,15,19). The van der Waals surface area contributed by atoms with Gasteiger partial charge in [0.15, 0.2) is 5.69 Å².